The first-order valence-corrected chi connectivity index (χ1v) is 6.69. The smallest absolute Gasteiger partial charge is 0.387 e. The second-order valence-electron chi connectivity index (χ2n) is 3.31. The van der Waals surface area contributed by atoms with E-state index < -0.39 is 12.5 Å². The van der Waals surface area contributed by atoms with Gasteiger partial charge in [-0.3, -0.25) is 4.79 Å². The lowest BCUT2D eigenvalue weighted by Gasteiger charge is -2.06. The third-order valence-electron chi connectivity index (χ3n) is 2.02. The molecule has 2 aromatic rings. The molecule has 4 nitrogen and oxygen atoms in total. The molecule has 1 N–H and O–H groups in total. The molecule has 0 aromatic carbocycles. The highest BCUT2D eigenvalue weighted by molar-refractivity contribution is 9.10. The summed E-state index contributed by atoms with van der Waals surface area (Å²) in [6, 6.07) is 4.61. The van der Waals surface area contributed by atoms with Gasteiger partial charge in [0.25, 0.3) is 5.91 Å². The maximum atomic E-state index is 12.1. The average molecular weight is 349 g/mol. The Morgan fingerprint density at radius 2 is 2.21 bits per heavy atom. The number of pyridine rings is 1. The fourth-order valence-electron chi connectivity index (χ4n) is 1.27. The van der Waals surface area contributed by atoms with E-state index in [0.29, 0.717) is 5.82 Å². The molecule has 0 unspecified atom stereocenters. The number of halogens is 3. The quantitative estimate of drug-likeness (QED) is 0.915. The van der Waals surface area contributed by atoms with Crippen molar-refractivity contribution in [3.8, 4) is 5.75 Å². The van der Waals surface area contributed by atoms with Crippen LogP contribution in [-0.4, -0.2) is 17.5 Å². The van der Waals surface area contributed by atoms with Gasteiger partial charge in [-0.25, -0.2) is 4.98 Å². The van der Waals surface area contributed by atoms with Gasteiger partial charge in [0.05, 0.1) is 0 Å². The number of hydrogen-bond donors (Lipinski definition) is 1. The van der Waals surface area contributed by atoms with Crippen LogP contribution in [0.4, 0.5) is 14.6 Å². The number of hydrogen-bond acceptors (Lipinski definition) is 4. The van der Waals surface area contributed by atoms with Crippen LogP contribution in [0.2, 0.25) is 0 Å². The molecule has 0 bridgehead atoms. The third kappa shape index (κ3) is 3.71. The first kappa shape index (κ1) is 13.9. The normalized spacial score (nSPS) is 10.5. The van der Waals surface area contributed by atoms with Crippen molar-refractivity contribution >= 4 is 39.0 Å². The number of rotatable bonds is 4. The summed E-state index contributed by atoms with van der Waals surface area (Å²) in [6.45, 7) is -2.97. The van der Waals surface area contributed by atoms with Crippen molar-refractivity contribution in [1.29, 1.82) is 0 Å². The fraction of sp³-hybridized carbons (Fsp3) is 0.0909. The number of aromatic nitrogens is 1. The van der Waals surface area contributed by atoms with Gasteiger partial charge in [0.15, 0.2) is 0 Å². The van der Waals surface area contributed by atoms with E-state index >= 15 is 0 Å². The van der Waals surface area contributed by atoms with Crippen molar-refractivity contribution in [2.45, 2.75) is 6.61 Å². The van der Waals surface area contributed by atoms with Crippen LogP contribution in [0.3, 0.4) is 0 Å². The summed E-state index contributed by atoms with van der Waals surface area (Å²) < 4.78 is 29.3. The van der Waals surface area contributed by atoms with E-state index in [1.807, 2.05) is 0 Å². The standard InChI is InChI=1S/C11H7BrF2N2O2S/c12-6-1-2-8(15-5-6)16-10(17)9-7(3-4-19-9)18-11(13)14/h1-5,11H,(H,15,16,17). The van der Waals surface area contributed by atoms with E-state index in [4.69, 9.17) is 0 Å². The number of thiophene rings is 1. The Kier molecular flexibility index (Phi) is 4.43. The number of carbonyl (C=O) groups is 1. The van der Waals surface area contributed by atoms with Crippen LogP contribution in [0.15, 0.2) is 34.2 Å². The van der Waals surface area contributed by atoms with E-state index in [0.717, 1.165) is 15.8 Å². The Labute approximate surface area is 119 Å². The summed E-state index contributed by atoms with van der Waals surface area (Å²) in [5.74, 6) is -0.361. The minimum atomic E-state index is -2.97. The van der Waals surface area contributed by atoms with Gasteiger partial charge in [0.2, 0.25) is 0 Å². The summed E-state index contributed by atoms with van der Waals surface area (Å²) in [6.07, 6.45) is 1.51. The number of carbonyl (C=O) groups excluding carboxylic acids is 1. The third-order valence-corrected chi connectivity index (χ3v) is 3.38. The minimum absolute atomic E-state index is 0.0741. The highest BCUT2D eigenvalue weighted by Gasteiger charge is 2.17. The number of amides is 1. The van der Waals surface area contributed by atoms with Gasteiger partial charge in [-0.2, -0.15) is 8.78 Å². The molecule has 0 radical (unpaired) electrons. The zero-order valence-corrected chi connectivity index (χ0v) is 11.7. The van der Waals surface area contributed by atoms with Crippen molar-refractivity contribution in [3.63, 3.8) is 0 Å². The number of ether oxygens (including phenoxy) is 1. The maximum Gasteiger partial charge on any atom is 0.387 e. The summed E-state index contributed by atoms with van der Waals surface area (Å²) in [5, 5.41) is 4.00. The fourth-order valence-corrected chi connectivity index (χ4v) is 2.23. The summed E-state index contributed by atoms with van der Waals surface area (Å²) in [7, 11) is 0. The van der Waals surface area contributed by atoms with Gasteiger partial charge in [0, 0.05) is 10.7 Å². The van der Waals surface area contributed by atoms with Crippen molar-refractivity contribution in [2.75, 3.05) is 5.32 Å². The van der Waals surface area contributed by atoms with Crippen LogP contribution < -0.4 is 10.1 Å². The minimum Gasteiger partial charge on any atom is -0.433 e. The molecule has 19 heavy (non-hydrogen) atoms. The molecule has 0 atom stereocenters. The molecule has 1 amide bonds. The van der Waals surface area contributed by atoms with Crippen molar-refractivity contribution in [2.24, 2.45) is 0 Å². The molecule has 2 rings (SSSR count). The maximum absolute atomic E-state index is 12.1. The molecule has 0 spiro atoms. The second-order valence-corrected chi connectivity index (χ2v) is 5.14. The number of nitrogens with one attached hydrogen (secondary N) is 1. The second kappa shape index (κ2) is 6.07. The predicted molar refractivity (Wildman–Crippen MR) is 70.8 cm³/mol. The van der Waals surface area contributed by atoms with Gasteiger partial charge < -0.3 is 10.1 Å². The number of nitrogens with zero attached hydrogens (tertiary/aromatic N) is 1. The molecule has 0 aliphatic heterocycles. The van der Waals surface area contributed by atoms with E-state index in [1.165, 1.54) is 17.6 Å². The monoisotopic (exact) mass is 348 g/mol. The Bertz CT molecular complexity index is 574. The molecule has 0 aliphatic carbocycles. The lowest BCUT2D eigenvalue weighted by atomic mass is 10.4. The summed E-state index contributed by atoms with van der Waals surface area (Å²) >= 11 is 4.23. The molecule has 2 heterocycles. The van der Waals surface area contributed by atoms with Gasteiger partial charge in [0.1, 0.15) is 16.4 Å². The lowest BCUT2D eigenvalue weighted by Crippen LogP contribution is -2.13. The molecule has 2 aromatic heterocycles. The summed E-state index contributed by atoms with van der Waals surface area (Å²) in [4.78, 5) is 15.9. The predicted octanol–water partition coefficient (Wildman–Crippen LogP) is 3.76. The van der Waals surface area contributed by atoms with Crippen LogP contribution in [0, 0.1) is 0 Å². The topological polar surface area (TPSA) is 51.2 Å². The van der Waals surface area contributed by atoms with Crippen molar-refractivity contribution in [3.05, 3.63) is 39.1 Å². The van der Waals surface area contributed by atoms with E-state index in [9.17, 15) is 13.6 Å². The van der Waals surface area contributed by atoms with Crippen LogP contribution in [-0.2, 0) is 0 Å². The van der Waals surface area contributed by atoms with Gasteiger partial charge in [-0.05, 0) is 39.5 Å². The van der Waals surface area contributed by atoms with Crippen LogP contribution in [0.25, 0.3) is 0 Å². The van der Waals surface area contributed by atoms with E-state index in [2.05, 4.69) is 31.0 Å². The van der Waals surface area contributed by atoms with Gasteiger partial charge >= 0.3 is 6.61 Å². The van der Waals surface area contributed by atoms with E-state index in [1.54, 1.807) is 12.1 Å². The first-order chi connectivity index (χ1) is 9.06. The Hall–Kier alpha value is -1.54. The largest absolute Gasteiger partial charge is 0.433 e. The van der Waals surface area contributed by atoms with Gasteiger partial charge in [-0.15, -0.1) is 11.3 Å². The summed E-state index contributed by atoms with van der Waals surface area (Å²) in [5.41, 5.74) is 0. The molecular weight excluding hydrogens is 342 g/mol. The average Bonchev–Trinajstić information content (AvgIpc) is 2.79. The highest BCUT2D eigenvalue weighted by atomic mass is 79.9. The Morgan fingerprint density at radius 1 is 1.42 bits per heavy atom. The van der Waals surface area contributed by atoms with Crippen LogP contribution in [0.5, 0.6) is 5.75 Å². The highest BCUT2D eigenvalue weighted by Crippen LogP contribution is 2.27. The molecule has 0 saturated heterocycles. The van der Waals surface area contributed by atoms with Gasteiger partial charge in [-0.1, -0.05) is 0 Å². The Morgan fingerprint density at radius 3 is 2.84 bits per heavy atom. The molecule has 0 aliphatic rings. The molecule has 100 valence electrons. The molecule has 0 saturated carbocycles. The van der Waals surface area contributed by atoms with E-state index in [-0.39, 0.29) is 10.6 Å². The zero-order valence-electron chi connectivity index (χ0n) is 9.27. The molecule has 8 heteroatoms. The van der Waals surface area contributed by atoms with Crippen LogP contribution in [0.1, 0.15) is 9.67 Å². The SMILES string of the molecule is O=C(Nc1ccc(Br)cn1)c1sccc1OC(F)F. The lowest BCUT2D eigenvalue weighted by molar-refractivity contribution is -0.0498. The molecule has 0 fully saturated rings. The number of alkyl halides is 2. The van der Waals surface area contributed by atoms with Crippen molar-refractivity contribution in [1.82, 2.24) is 4.98 Å². The first-order valence-electron chi connectivity index (χ1n) is 5.01. The Balaban J connectivity index is 2.11. The number of anilines is 1. The van der Waals surface area contributed by atoms with Crippen LogP contribution >= 0.6 is 27.3 Å². The zero-order chi connectivity index (χ0) is 13.8. The van der Waals surface area contributed by atoms with Crippen molar-refractivity contribution < 1.29 is 18.3 Å². The molecular formula is C11H7BrF2N2O2S.